The van der Waals surface area contributed by atoms with E-state index in [9.17, 15) is 0 Å². The molecule has 2 aromatic heterocycles. The molecule has 12 aromatic rings. The van der Waals surface area contributed by atoms with Crippen molar-refractivity contribution in [2.75, 3.05) is 4.90 Å². The van der Waals surface area contributed by atoms with Gasteiger partial charge in [-0.15, -0.1) is 0 Å². The predicted octanol–water partition coefficient (Wildman–Crippen LogP) is 16.3. The average molecular weight is 779 g/mol. The van der Waals surface area contributed by atoms with Crippen LogP contribution in [0.15, 0.2) is 235 Å². The number of para-hydroxylation sites is 4. The van der Waals surface area contributed by atoms with E-state index in [4.69, 9.17) is 4.42 Å². The summed E-state index contributed by atoms with van der Waals surface area (Å²) in [5, 5.41) is 7.22. The molecule has 0 atom stereocenters. The lowest BCUT2D eigenvalue weighted by atomic mass is 9.97. The summed E-state index contributed by atoms with van der Waals surface area (Å²) >= 11 is 0. The van der Waals surface area contributed by atoms with Crippen molar-refractivity contribution in [2.45, 2.75) is 0 Å². The van der Waals surface area contributed by atoms with Gasteiger partial charge in [0.25, 0.3) is 0 Å². The van der Waals surface area contributed by atoms with Gasteiger partial charge in [0, 0.05) is 44.2 Å². The van der Waals surface area contributed by atoms with E-state index in [1.54, 1.807) is 0 Å². The Hall–Kier alpha value is -8.14. The summed E-state index contributed by atoms with van der Waals surface area (Å²) in [5.74, 6) is 0. The molecule has 2 heterocycles. The summed E-state index contributed by atoms with van der Waals surface area (Å²) < 4.78 is 8.71. The molecule has 0 aliphatic carbocycles. The third-order valence-electron chi connectivity index (χ3n) is 12.2. The van der Waals surface area contributed by atoms with E-state index >= 15 is 0 Å². The molecular formula is C58H38N2O. The lowest BCUT2D eigenvalue weighted by Gasteiger charge is -2.28. The number of nitrogens with zero attached hydrogens (tertiary/aromatic N) is 2. The fourth-order valence-electron chi connectivity index (χ4n) is 9.35. The van der Waals surface area contributed by atoms with Crippen LogP contribution < -0.4 is 4.90 Å². The minimum atomic E-state index is 0.889. The van der Waals surface area contributed by atoms with E-state index in [0.717, 1.165) is 72.5 Å². The number of hydrogen-bond donors (Lipinski definition) is 0. The van der Waals surface area contributed by atoms with Crippen LogP contribution in [-0.4, -0.2) is 4.57 Å². The first-order valence-corrected chi connectivity index (χ1v) is 20.8. The van der Waals surface area contributed by atoms with Gasteiger partial charge in [0.15, 0.2) is 0 Å². The van der Waals surface area contributed by atoms with E-state index in [0.29, 0.717) is 0 Å². The maximum Gasteiger partial charge on any atom is 0.136 e. The summed E-state index contributed by atoms with van der Waals surface area (Å²) in [6, 6.07) is 83.0. The second kappa shape index (κ2) is 14.3. The van der Waals surface area contributed by atoms with E-state index in [2.05, 4.69) is 228 Å². The molecule has 10 aromatic carbocycles. The molecule has 0 N–H and O–H groups in total. The number of benzene rings is 10. The number of aromatic nitrogens is 1. The monoisotopic (exact) mass is 778 g/mol. The molecule has 0 radical (unpaired) electrons. The quantitative estimate of drug-likeness (QED) is 0.161. The Morgan fingerprint density at radius 3 is 1.79 bits per heavy atom. The maximum absolute atomic E-state index is 6.33. The highest BCUT2D eigenvalue weighted by Crippen LogP contribution is 2.44. The zero-order valence-corrected chi connectivity index (χ0v) is 33.2. The normalized spacial score (nSPS) is 11.6. The highest BCUT2D eigenvalue weighted by Gasteiger charge is 2.20. The smallest absolute Gasteiger partial charge is 0.136 e. The molecule has 0 saturated carbocycles. The van der Waals surface area contributed by atoms with Crippen LogP contribution in [0, 0.1) is 0 Å². The van der Waals surface area contributed by atoms with E-state index in [1.807, 2.05) is 12.1 Å². The van der Waals surface area contributed by atoms with Gasteiger partial charge in [0.2, 0.25) is 0 Å². The number of anilines is 3. The van der Waals surface area contributed by atoms with Gasteiger partial charge in [-0.2, -0.15) is 0 Å². The van der Waals surface area contributed by atoms with Crippen LogP contribution >= 0.6 is 0 Å². The molecule has 0 fully saturated rings. The van der Waals surface area contributed by atoms with Crippen LogP contribution in [0.5, 0.6) is 0 Å². The molecule has 0 spiro atoms. The standard InChI is InChI=1S/C58H38N2O/c1-2-15-41-36-44(31-30-39(41)14-1)48-20-3-7-25-53(48)59(46-18-12-17-43(38-46)49-24-13-29-57-58(49)52-23-6-10-28-56(52)61-57)45-34-32-40(33-35-45)42-16-11-19-47(37-42)60-54-26-8-4-21-50(54)51-22-5-9-27-55(51)60/h1-38H. The molecule has 3 nitrogen and oxygen atoms in total. The molecule has 0 bridgehead atoms. The molecule has 0 aliphatic heterocycles. The molecule has 12 rings (SSSR count). The second-order valence-corrected chi connectivity index (χ2v) is 15.7. The Bertz CT molecular complexity index is 3560. The SMILES string of the molecule is c1cc(-c2cccc3oc4ccccc4c23)cc(N(c2ccc(-c3cccc(-n4c5ccccc5c5ccccc54)c3)cc2)c2ccccc2-c2ccc3ccccc3c2)c1. The van der Waals surface area contributed by atoms with Crippen LogP contribution in [0.2, 0.25) is 0 Å². The van der Waals surface area contributed by atoms with E-state index in [1.165, 1.54) is 38.1 Å². The van der Waals surface area contributed by atoms with Crippen LogP contribution in [0.25, 0.3) is 93.6 Å². The van der Waals surface area contributed by atoms with Crippen molar-refractivity contribution < 1.29 is 4.42 Å². The van der Waals surface area contributed by atoms with E-state index in [-0.39, 0.29) is 0 Å². The van der Waals surface area contributed by atoms with Crippen molar-refractivity contribution >= 4 is 71.6 Å². The van der Waals surface area contributed by atoms with Gasteiger partial charge in [0.1, 0.15) is 11.2 Å². The summed E-state index contributed by atoms with van der Waals surface area (Å²) in [5.41, 5.74) is 15.5. The third-order valence-corrected chi connectivity index (χ3v) is 12.2. The fraction of sp³-hybridized carbons (Fsp3) is 0. The van der Waals surface area contributed by atoms with Crippen molar-refractivity contribution in [3.63, 3.8) is 0 Å². The largest absolute Gasteiger partial charge is 0.456 e. The molecule has 61 heavy (non-hydrogen) atoms. The molecule has 3 heteroatoms. The van der Waals surface area contributed by atoms with Crippen LogP contribution in [-0.2, 0) is 0 Å². The number of furan rings is 1. The highest BCUT2D eigenvalue weighted by atomic mass is 16.3. The molecule has 0 saturated heterocycles. The van der Waals surface area contributed by atoms with Gasteiger partial charge in [-0.05, 0) is 111 Å². The van der Waals surface area contributed by atoms with Gasteiger partial charge in [-0.3, -0.25) is 0 Å². The first-order chi connectivity index (χ1) is 30.2. The maximum atomic E-state index is 6.33. The molecule has 286 valence electrons. The minimum absolute atomic E-state index is 0.889. The summed E-state index contributed by atoms with van der Waals surface area (Å²) in [6.45, 7) is 0. The highest BCUT2D eigenvalue weighted by molar-refractivity contribution is 6.13. The minimum Gasteiger partial charge on any atom is -0.456 e. The van der Waals surface area contributed by atoms with Crippen LogP contribution in [0.1, 0.15) is 0 Å². The Kier molecular flexibility index (Phi) is 8.17. The predicted molar refractivity (Wildman–Crippen MR) is 257 cm³/mol. The summed E-state index contributed by atoms with van der Waals surface area (Å²) in [7, 11) is 0. The topological polar surface area (TPSA) is 21.3 Å². The number of fused-ring (bicyclic) bond motifs is 7. The third kappa shape index (κ3) is 5.90. The first-order valence-electron chi connectivity index (χ1n) is 20.8. The fourth-order valence-corrected chi connectivity index (χ4v) is 9.35. The molecule has 0 aliphatic rings. The molecule has 0 amide bonds. The van der Waals surface area contributed by atoms with Crippen LogP contribution in [0.4, 0.5) is 17.1 Å². The van der Waals surface area contributed by atoms with Crippen molar-refractivity contribution in [1.29, 1.82) is 0 Å². The van der Waals surface area contributed by atoms with Crippen LogP contribution in [0.3, 0.4) is 0 Å². The second-order valence-electron chi connectivity index (χ2n) is 15.7. The van der Waals surface area contributed by atoms with E-state index < -0.39 is 0 Å². The Labute approximate surface area is 353 Å². The van der Waals surface area contributed by atoms with Gasteiger partial charge in [0.05, 0.1) is 16.7 Å². The molecular weight excluding hydrogens is 741 g/mol. The lowest BCUT2D eigenvalue weighted by molar-refractivity contribution is 0.669. The van der Waals surface area contributed by atoms with Gasteiger partial charge < -0.3 is 13.9 Å². The summed E-state index contributed by atoms with van der Waals surface area (Å²) in [6.07, 6.45) is 0. The van der Waals surface area contributed by atoms with Crippen molar-refractivity contribution in [3.8, 4) is 39.1 Å². The van der Waals surface area contributed by atoms with Crippen molar-refractivity contribution in [3.05, 3.63) is 231 Å². The molecule has 0 unspecified atom stereocenters. The number of hydrogen-bond acceptors (Lipinski definition) is 2. The average Bonchev–Trinajstić information content (AvgIpc) is 3.88. The van der Waals surface area contributed by atoms with Gasteiger partial charge >= 0.3 is 0 Å². The lowest BCUT2D eigenvalue weighted by Crippen LogP contribution is -2.11. The van der Waals surface area contributed by atoms with Gasteiger partial charge in [-0.1, -0.05) is 158 Å². The zero-order chi connectivity index (χ0) is 40.3. The van der Waals surface area contributed by atoms with Crippen molar-refractivity contribution in [1.82, 2.24) is 4.57 Å². The Morgan fingerprint density at radius 2 is 0.951 bits per heavy atom. The Balaban J connectivity index is 1.00. The summed E-state index contributed by atoms with van der Waals surface area (Å²) in [4.78, 5) is 2.40. The van der Waals surface area contributed by atoms with Crippen molar-refractivity contribution in [2.24, 2.45) is 0 Å². The van der Waals surface area contributed by atoms with Gasteiger partial charge in [-0.25, -0.2) is 0 Å². The zero-order valence-electron chi connectivity index (χ0n) is 33.2. The first kappa shape index (κ1) is 34.9. The number of rotatable bonds is 7. The Morgan fingerprint density at radius 1 is 0.344 bits per heavy atom.